The van der Waals surface area contributed by atoms with Gasteiger partial charge in [-0.1, -0.05) is 34.6 Å². The summed E-state index contributed by atoms with van der Waals surface area (Å²) in [7, 11) is 0. The second kappa shape index (κ2) is 2.55. The highest BCUT2D eigenvalue weighted by molar-refractivity contribution is 5.18. The molecular formula is C13H24O. The molecule has 3 atom stereocenters. The molecule has 2 aliphatic rings. The van der Waals surface area contributed by atoms with Crippen molar-refractivity contribution in [2.24, 2.45) is 22.2 Å². The highest BCUT2D eigenvalue weighted by Crippen LogP contribution is 2.74. The average Bonchev–Trinajstić information content (AvgIpc) is 2.34. The third kappa shape index (κ3) is 0.816. The minimum atomic E-state index is -0.0753. The van der Waals surface area contributed by atoms with Gasteiger partial charge in [0.25, 0.3) is 0 Å². The molecule has 2 saturated carbocycles. The SMILES string of the molecule is CC(C)[C@@]12CC[C@@](C)([C@H](O)C1)C2(C)C. The fourth-order valence-electron chi connectivity index (χ4n) is 4.43. The van der Waals surface area contributed by atoms with Crippen LogP contribution in [0, 0.1) is 22.2 Å². The molecule has 0 amide bonds. The molecule has 0 heterocycles. The van der Waals surface area contributed by atoms with E-state index in [1.54, 1.807) is 0 Å². The molecule has 0 aromatic carbocycles. The first-order chi connectivity index (χ1) is 6.28. The van der Waals surface area contributed by atoms with Gasteiger partial charge in [0.05, 0.1) is 6.10 Å². The Kier molecular flexibility index (Phi) is 1.91. The molecule has 2 aliphatic carbocycles. The summed E-state index contributed by atoms with van der Waals surface area (Å²) in [5.41, 5.74) is 0.853. The molecule has 2 fully saturated rings. The average molecular weight is 196 g/mol. The molecule has 1 heteroatoms. The van der Waals surface area contributed by atoms with Gasteiger partial charge in [-0.05, 0) is 41.4 Å². The first-order valence-electron chi connectivity index (χ1n) is 5.96. The lowest BCUT2D eigenvalue weighted by molar-refractivity contribution is 0.00871. The normalized spacial score (nSPS) is 50.4. The summed E-state index contributed by atoms with van der Waals surface area (Å²) >= 11 is 0. The fraction of sp³-hybridized carbons (Fsp3) is 1.00. The van der Waals surface area contributed by atoms with Crippen LogP contribution in [0.2, 0.25) is 0 Å². The van der Waals surface area contributed by atoms with Crippen LogP contribution in [-0.4, -0.2) is 11.2 Å². The van der Waals surface area contributed by atoms with Gasteiger partial charge in [-0.3, -0.25) is 0 Å². The van der Waals surface area contributed by atoms with Crippen LogP contribution in [0.5, 0.6) is 0 Å². The zero-order valence-corrected chi connectivity index (χ0v) is 10.2. The summed E-state index contributed by atoms with van der Waals surface area (Å²) < 4.78 is 0. The third-order valence-corrected chi connectivity index (χ3v) is 6.16. The molecule has 0 spiro atoms. The van der Waals surface area contributed by atoms with E-state index in [-0.39, 0.29) is 11.5 Å². The van der Waals surface area contributed by atoms with E-state index in [9.17, 15) is 5.11 Å². The van der Waals surface area contributed by atoms with E-state index < -0.39 is 0 Å². The molecule has 0 radical (unpaired) electrons. The number of aliphatic hydroxyl groups is 1. The Morgan fingerprint density at radius 3 is 1.93 bits per heavy atom. The number of hydrogen-bond acceptors (Lipinski definition) is 1. The van der Waals surface area contributed by atoms with Crippen molar-refractivity contribution in [1.82, 2.24) is 0 Å². The van der Waals surface area contributed by atoms with Crippen LogP contribution in [-0.2, 0) is 0 Å². The highest BCUT2D eigenvalue weighted by atomic mass is 16.3. The van der Waals surface area contributed by atoms with Crippen molar-refractivity contribution in [3.05, 3.63) is 0 Å². The summed E-state index contributed by atoms with van der Waals surface area (Å²) in [6, 6.07) is 0. The lowest BCUT2D eigenvalue weighted by atomic mass is 9.60. The topological polar surface area (TPSA) is 20.2 Å². The standard InChI is InChI=1S/C13H24O/c1-9(2)13-7-6-12(5,10(14)8-13)11(13,3)4/h9-10,14H,6-8H2,1-5H3/t10-,12+,13-/m1/s1. The first-order valence-corrected chi connectivity index (χ1v) is 5.96. The largest absolute Gasteiger partial charge is 0.393 e. The Bertz CT molecular complexity index is 256. The van der Waals surface area contributed by atoms with Crippen molar-refractivity contribution >= 4 is 0 Å². The van der Waals surface area contributed by atoms with E-state index in [2.05, 4.69) is 34.6 Å². The Labute approximate surface area is 87.9 Å². The summed E-state index contributed by atoms with van der Waals surface area (Å²) in [4.78, 5) is 0. The third-order valence-electron chi connectivity index (χ3n) is 6.16. The van der Waals surface area contributed by atoms with E-state index in [1.807, 2.05) is 0 Å². The number of aliphatic hydroxyl groups excluding tert-OH is 1. The molecule has 0 saturated heterocycles. The predicted molar refractivity (Wildman–Crippen MR) is 59.0 cm³/mol. The molecule has 1 N–H and O–H groups in total. The maximum absolute atomic E-state index is 10.2. The van der Waals surface area contributed by atoms with Crippen molar-refractivity contribution in [2.75, 3.05) is 0 Å². The van der Waals surface area contributed by atoms with E-state index in [0.717, 1.165) is 6.42 Å². The molecule has 2 bridgehead atoms. The van der Waals surface area contributed by atoms with E-state index >= 15 is 0 Å². The maximum Gasteiger partial charge on any atom is 0.0604 e. The van der Waals surface area contributed by atoms with E-state index in [0.29, 0.717) is 16.7 Å². The highest BCUT2D eigenvalue weighted by Gasteiger charge is 2.69. The zero-order valence-electron chi connectivity index (χ0n) is 10.2. The van der Waals surface area contributed by atoms with Crippen molar-refractivity contribution in [3.8, 4) is 0 Å². The molecule has 2 rings (SSSR count). The van der Waals surface area contributed by atoms with Crippen LogP contribution < -0.4 is 0 Å². The number of hydrogen-bond donors (Lipinski definition) is 1. The smallest absolute Gasteiger partial charge is 0.0604 e. The number of fused-ring (bicyclic) bond motifs is 2. The van der Waals surface area contributed by atoms with Gasteiger partial charge in [0.2, 0.25) is 0 Å². The Morgan fingerprint density at radius 1 is 1.14 bits per heavy atom. The van der Waals surface area contributed by atoms with Crippen molar-refractivity contribution in [2.45, 2.75) is 60.0 Å². The fourth-order valence-corrected chi connectivity index (χ4v) is 4.43. The van der Waals surface area contributed by atoms with Gasteiger partial charge in [-0.15, -0.1) is 0 Å². The van der Waals surface area contributed by atoms with E-state index in [1.165, 1.54) is 12.8 Å². The van der Waals surface area contributed by atoms with Crippen LogP contribution in [0.1, 0.15) is 53.9 Å². The predicted octanol–water partition coefficient (Wildman–Crippen LogP) is 3.22. The summed E-state index contributed by atoms with van der Waals surface area (Å²) in [5, 5.41) is 10.2. The molecule has 82 valence electrons. The second-order valence-corrected chi connectivity index (χ2v) is 6.57. The van der Waals surface area contributed by atoms with Gasteiger partial charge in [0.1, 0.15) is 0 Å². The van der Waals surface area contributed by atoms with Gasteiger partial charge >= 0.3 is 0 Å². The zero-order chi connectivity index (χ0) is 10.8. The molecule has 0 aromatic rings. The van der Waals surface area contributed by atoms with Gasteiger partial charge in [0.15, 0.2) is 0 Å². The number of rotatable bonds is 1. The van der Waals surface area contributed by atoms with Crippen molar-refractivity contribution in [3.63, 3.8) is 0 Å². The Hall–Kier alpha value is -0.0400. The van der Waals surface area contributed by atoms with Crippen LogP contribution in [0.25, 0.3) is 0 Å². The summed E-state index contributed by atoms with van der Waals surface area (Å²) in [6.07, 6.45) is 3.47. The van der Waals surface area contributed by atoms with Crippen molar-refractivity contribution in [1.29, 1.82) is 0 Å². The van der Waals surface area contributed by atoms with Crippen LogP contribution in [0.4, 0.5) is 0 Å². The molecule has 0 aromatic heterocycles. The van der Waals surface area contributed by atoms with Crippen LogP contribution in [0.15, 0.2) is 0 Å². The van der Waals surface area contributed by atoms with Gasteiger partial charge in [0, 0.05) is 0 Å². The molecule has 14 heavy (non-hydrogen) atoms. The Balaban J connectivity index is 2.49. The lowest BCUT2D eigenvalue weighted by Crippen LogP contribution is -2.38. The monoisotopic (exact) mass is 196 g/mol. The first kappa shape index (κ1) is 10.5. The molecule has 0 unspecified atom stereocenters. The van der Waals surface area contributed by atoms with Gasteiger partial charge in [-0.25, -0.2) is 0 Å². The second-order valence-electron chi connectivity index (χ2n) is 6.57. The Morgan fingerprint density at radius 2 is 1.71 bits per heavy atom. The van der Waals surface area contributed by atoms with Crippen LogP contribution in [0.3, 0.4) is 0 Å². The van der Waals surface area contributed by atoms with Gasteiger partial charge < -0.3 is 5.11 Å². The lowest BCUT2D eigenvalue weighted by Gasteiger charge is -2.43. The van der Waals surface area contributed by atoms with Crippen molar-refractivity contribution < 1.29 is 5.11 Å². The summed E-state index contributed by atoms with van der Waals surface area (Å²) in [5.74, 6) is 0.691. The minimum absolute atomic E-state index is 0.0753. The summed E-state index contributed by atoms with van der Waals surface area (Å²) in [6.45, 7) is 11.7. The molecule has 1 nitrogen and oxygen atoms in total. The maximum atomic E-state index is 10.2. The molecular weight excluding hydrogens is 172 g/mol. The van der Waals surface area contributed by atoms with Gasteiger partial charge in [-0.2, -0.15) is 0 Å². The van der Waals surface area contributed by atoms with E-state index in [4.69, 9.17) is 0 Å². The quantitative estimate of drug-likeness (QED) is 0.682. The van der Waals surface area contributed by atoms with Crippen LogP contribution >= 0.6 is 0 Å². The molecule has 0 aliphatic heterocycles. The minimum Gasteiger partial charge on any atom is -0.393 e.